The maximum atomic E-state index is 11.9. The Bertz CT molecular complexity index is 765. The van der Waals surface area contributed by atoms with Gasteiger partial charge in [-0.1, -0.05) is 6.07 Å². The molecular formula is C17H16N2O3S. The molecule has 0 saturated heterocycles. The Morgan fingerprint density at radius 3 is 3.09 bits per heavy atom. The number of amides is 1. The van der Waals surface area contributed by atoms with Crippen LogP contribution in [0.25, 0.3) is 6.08 Å². The molecule has 2 aromatic rings. The third-order valence-electron chi connectivity index (χ3n) is 3.76. The van der Waals surface area contributed by atoms with Crippen LogP contribution in [-0.4, -0.2) is 17.7 Å². The molecule has 1 fully saturated rings. The normalized spacial score (nSPS) is 16.0. The third kappa shape index (κ3) is 3.37. The lowest BCUT2D eigenvalue weighted by Crippen LogP contribution is -2.20. The largest absolute Gasteiger partial charge is 0.454 e. The molecule has 118 valence electrons. The van der Waals surface area contributed by atoms with E-state index in [0.29, 0.717) is 18.2 Å². The first-order valence-electron chi connectivity index (χ1n) is 7.58. The van der Waals surface area contributed by atoms with Crippen molar-refractivity contribution >= 4 is 23.3 Å². The molecule has 0 unspecified atom stereocenters. The van der Waals surface area contributed by atoms with Gasteiger partial charge in [-0.2, -0.15) is 0 Å². The molecule has 2 heterocycles. The molecule has 5 nitrogen and oxygen atoms in total. The highest BCUT2D eigenvalue weighted by Gasteiger charge is 2.26. The highest BCUT2D eigenvalue weighted by Crippen LogP contribution is 2.41. The lowest BCUT2D eigenvalue weighted by molar-refractivity contribution is -0.116. The van der Waals surface area contributed by atoms with Crippen molar-refractivity contribution in [2.45, 2.75) is 25.3 Å². The van der Waals surface area contributed by atoms with Crippen molar-refractivity contribution in [2.75, 3.05) is 6.79 Å². The summed E-state index contributed by atoms with van der Waals surface area (Å²) in [4.78, 5) is 16.4. The van der Waals surface area contributed by atoms with Crippen molar-refractivity contribution in [3.8, 4) is 11.5 Å². The van der Waals surface area contributed by atoms with Gasteiger partial charge in [0.05, 0.1) is 17.2 Å². The van der Waals surface area contributed by atoms with Gasteiger partial charge < -0.3 is 14.8 Å². The van der Waals surface area contributed by atoms with Crippen molar-refractivity contribution in [3.05, 3.63) is 45.9 Å². The standard InChI is InChI=1S/C17H16N2O3S/c20-16(18-8-13-9-23-17(19-13)12-3-4-12)6-2-11-1-5-14-15(7-11)22-10-21-14/h1-2,5-7,9,12H,3-4,8,10H2,(H,18,20)/b6-2+. The van der Waals surface area contributed by atoms with Crippen molar-refractivity contribution in [1.82, 2.24) is 10.3 Å². The Morgan fingerprint density at radius 1 is 1.35 bits per heavy atom. The van der Waals surface area contributed by atoms with E-state index in [0.717, 1.165) is 17.0 Å². The quantitative estimate of drug-likeness (QED) is 0.857. The molecule has 4 rings (SSSR count). The number of carbonyl (C=O) groups excluding carboxylic acids is 1. The van der Waals surface area contributed by atoms with Gasteiger partial charge in [-0.05, 0) is 36.6 Å². The van der Waals surface area contributed by atoms with Gasteiger partial charge >= 0.3 is 0 Å². The fourth-order valence-corrected chi connectivity index (χ4v) is 3.34. The maximum Gasteiger partial charge on any atom is 0.244 e. The van der Waals surface area contributed by atoms with Crippen LogP contribution in [0.15, 0.2) is 29.7 Å². The predicted molar refractivity (Wildman–Crippen MR) is 87.5 cm³/mol. The second kappa shape index (κ2) is 6.04. The number of aromatic nitrogens is 1. The van der Waals surface area contributed by atoms with Crippen molar-refractivity contribution in [3.63, 3.8) is 0 Å². The number of ether oxygens (including phenoxy) is 2. The van der Waals surface area contributed by atoms with Gasteiger partial charge in [0.15, 0.2) is 11.5 Å². The summed E-state index contributed by atoms with van der Waals surface area (Å²) in [7, 11) is 0. The molecule has 2 aliphatic rings. The number of hydrogen-bond acceptors (Lipinski definition) is 5. The van der Waals surface area contributed by atoms with Crippen LogP contribution in [0, 0.1) is 0 Å². The van der Waals surface area contributed by atoms with Gasteiger partial charge in [0.1, 0.15) is 0 Å². The molecule has 1 aliphatic carbocycles. The highest BCUT2D eigenvalue weighted by molar-refractivity contribution is 7.09. The molecule has 0 spiro atoms. The smallest absolute Gasteiger partial charge is 0.244 e. The van der Waals surface area contributed by atoms with Crippen LogP contribution in [0.1, 0.15) is 35.0 Å². The third-order valence-corrected chi connectivity index (χ3v) is 4.82. The summed E-state index contributed by atoms with van der Waals surface area (Å²) in [6.45, 7) is 0.715. The predicted octanol–water partition coefficient (Wildman–Crippen LogP) is 3.08. The average molecular weight is 328 g/mol. The summed E-state index contributed by atoms with van der Waals surface area (Å²) in [5.41, 5.74) is 1.83. The average Bonchev–Trinajstić information content (AvgIpc) is 3.12. The van der Waals surface area contributed by atoms with E-state index in [-0.39, 0.29) is 12.7 Å². The van der Waals surface area contributed by atoms with Gasteiger partial charge in [-0.25, -0.2) is 4.98 Å². The number of thiazole rings is 1. The van der Waals surface area contributed by atoms with Crippen LogP contribution >= 0.6 is 11.3 Å². The van der Waals surface area contributed by atoms with Crippen molar-refractivity contribution in [1.29, 1.82) is 0 Å². The zero-order valence-corrected chi connectivity index (χ0v) is 13.3. The molecule has 1 saturated carbocycles. The number of fused-ring (bicyclic) bond motifs is 1. The number of nitrogens with zero attached hydrogens (tertiary/aromatic N) is 1. The van der Waals surface area contributed by atoms with E-state index in [1.807, 2.05) is 23.6 Å². The molecule has 0 radical (unpaired) electrons. The van der Waals surface area contributed by atoms with E-state index >= 15 is 0 Å². The second-order valence-corrected chi connectivity index (χ2v) is 6.50. The molecular weight excluding hydrogens is 312 g/mol. The molecule has 1 aromatic carbocycles. The minimum Gasteiger partial charge on any atom is -0.454 e. The fourth-order valence-electron chi connectivity index (χ4n) is 2.35. The molecule has 0 atom stereocenters. The number of carbonyl (C=O) groups is 1. The van der Waals surface area contributed by atoms with Crippen LogP contribution in [0.5, 0.6) is 11.5 Å². The molecule has 1 aromatic heterocycles. The van der Waals surface area contributed by atoms with Gasteiger partial charge in [0.25, 0.3) is 0 Å². The van der Waals surface area contributed by atoms with E-state index in [4.69, 9.17) is 9.47 Å². The molecule has 1 N–H and O–H groups in total. The number of nitrogens with one attached hydrogen (secondary N) is 1. The van der Waals surface area contributed by atoms with E-state index < -0.39 is 0 Å². The fraction of sp³-hybridized carbons (Fsp3) is 0.294. The number of hydrogen-bond donors (Lipinski definition) is 1. The number of benzene rings is 1. The van der Waals surface area contributed by atoms with Gasteiger partial charge in [0, 0.05) is 17.4 Å². The maximum absolute atomic E-state index is 11.9. The van der Waals surface area contributed by atoms with Crippen LogP contribution in [0.3, 0.4) is 0 Å². The second-order valence-electron chi connectivity index (χ2n) is 5.62. The first kappa shape index (κ1) is 14.3. The summed E-state index contributed by atoms with van der Waals surface area (Å²) in [6, 6.07) is 5.59. The van der Waals surface area contributed by atoms with Crippen LogP contribution < -0.4 is 14.8 Å². The zero-order valence-electron chi connectivity index (χ0n) is 12.5. The van der Waals surface area contributed by atoms with E-state index in [2.05, 4.69) is 10.3 Å². The van der Waals surface area contributed by atoms with Crippen molar-refractivity contribution in [2.24, 2.45) is 0 Å². The summed E-state index contributed by atoms with van der Waals surface area (Å²) in [5.74, 6) is 1.98. The molecule has 0 bridgehead atoms. The SMILES string of the molecule is O=C(/C=C/c1ccc2c(c1)OCO2)NCc1csc(C2CC2)n1. The van der Waals surface area contributed by atoms with Gasteiger partial charge in [-0.3, -0.25) is 4.79 Å². The van der Waals surface area contributed by atoms with E-state index in [9.17, 15) is 4.79 Å². The molecule has 1 amide bonds. The Hall–Kier alpha value is -2.34. The lowest BCUT2D eigenvalue weighted by atomic mass is 10.2. The Labute approximate surface area is 138 Å². The Balaban J connectivity index is 1.32. The summed E-state index contributed by atoms with van der Waals surface area (Å²) in [5, 5.41) is 6.08. The molecule has 6 heteroatoms. The van der Waals surface area contributed by atoms with E-state index in [1.165, 1.54) is 23.9 Å². The molecule has 1 aliphatic heterocycles. The minimum absolute atomic E-state index is 0.136. The summed E-state index contributed by atoms with van der Waals surface area (Å²) >= 11 is 1.69. The van der Waals surface area contributed by atoms with Gasteiger partial charge in [0.2, 0.25) is 12.7 Å². The first-order valence-corrected chi connectivity index (χ1v) is 8.46. The number of rotatable bonds is 5. The lowest BCUT2D eigenvalue weighted by Gasteiger charge is -2.00. The Kier molecular flexibility index (Phi) is 3.75. The Morgan fingerprint density at radius 2 is 2.22 bits per heavy atom. The summed E-state index contributed by atoms with van der Waals surface area (Å²) < 4.78 is 10.6. The van der Waals surface area contributed by atoms with Crippen LogP contribution in [0.2, 0.25) is 0 Å². The van der Waals surface area contributed by atoms with E-state index in [1.54, 1.807) is 17.4 Å². The summed E-state index contributed by atoms with van der Waals surface area (Å²) in [6.07, 6.45) is 5.77. The van der Waals surface area contributed by atoms with Gasteiger partial charge in [-0.15, -0.1) is 11.3 Å². The minimum atomic E-state index is -0.136. The zero-order chi connectivity index (χ0) is 15.6. The topological polar surface area (TPSA) is 60.5 Å². The van der Waals surface area contributed by atoms with Crippen molar-refractivity contribution < 1.29 is 14.3 Å². The van der Waals surface area contributed by atoms with Crippen LogP contribution in [-0.2, 0) is 11.3 Å². The monoisotopic (exact) mass is 328 g/mol. The first-order chi connectivity index (χ1) is 11.3. The van der Waals surface area contributed by atoms with Crippen LogP contribution in [0.4, 0.5) is 0 Å². The highest BCUT2D eigenvalue weighted by atomic mass is 32.1. The molecule has 23 heavy (non-hydrogen) atoms.